The van der Waals surface area contributed by atoms with Crippen LogP contribution in [0.1, 0.15) is 5.56 Å². The Morgan fingerprint density at radius 1 is 1.20 bits per heavy atom. The van der Waals surface area contributed by atoms with Crippen LogP contribution in [0, 0.1) is 5.82 Å². The summed E-state index contributed by atoms with van der Waals surface area (Å²) in [6.07, 6.45) is 1.46. The summed E-state index contributed by atoms with van der Waals surface area (Å²) in [5.74, 6) is 0.424. The van der Waals surface area contributed by atoms with Gasteiger partial charge in [-0.25, -0.2) is 19.0 Å². The molecular weight excluding hydrogens is 259 g/mol. The molecule has 3 aromatic rings. The molecule has 0 radical (unpaired) electrons. The molecule has 0 aliphatic rings. The van der Waals surface area contributed by atoms with E-state index in [9.17, 15) is 4.39 Å². The summed E-state index contributed by atoms with van der Waals surface area (Å²) in [6, 6.07) is 6.59. The van der Waals surface area contributed by atoms with Crippen LogP contribution in [0.15, 0.2) is 30.6 Å². The van der Waals surface area contributed by atoms with E-state index in [0.717, 1.165) is 0 Å². The maximum absolute atomic E-state index is 13.7. The van der Waals surface area contributed by atoms with E-state index in [4.69, 9.17) is 0 Å². The first-order chi connectivity index (χ1) is 9.66. The second-order valence-electron chi connectivity index (χ2n) is 4.60. The molecule has 3 rings (SSSR count). The Bertz CT molecular complexity index is 751. The molecule has 0 amide bonds. The van der Waals surface area contributed by atoms with Crippen LogP contribution in [0.3, 0.4) is 0 Å². The zero-order valence-corrected chi connectivity index (χ0v) is 11.2. The highest BCUT2D eigenvalue weighted by Crippen LogP contribution is 2.19. The van der Waals surface area contributed by atoms with Gasteiger partial charge in [0.05, 0.1) is 6.54 Å². The van der Waals surface area contributed by atoms with Gasteiger partial charge in [-0.1, -0.05) is 23.4 Å². The topological polar surface area (TPSA) is 59.7 Å². The average molecular weight is 272 g/mol. The third-order valence-corrected chi connectivity index (χ3v) is 2.98. The number of hydrogen-bond acceptors (Lipinski definition) is 5. The Morgan fingerprint density at radius 2 is 2.00 bits per heavy atom. The molecule has 0 N–H and O–H groups in total. The third-order valence-electron chi connectivity index (χ3n) is 2.98. The summed E-state index contributed by atoms with van der Waals surface area (Å²) < 4.78 is 15.3. The third kappa shape index (κ3) is 2.07. The van der Waals surface area contributed by atoms with Gasteiger partial charge in [0.2, 0.25) is 0 Å². The number of aromatic nitrogens is 5. The van der Waals surface area contributed by atoms with Gasteiger partial charge in [-0.2, -0.15) is 0 Å². The van der Waals surface area contributed by atoms with Crippen molar-refractivity contribution in [1.82, 2.24) is 25.0 Å². The average Bonchev–Trinajstić information content (AvgIpc) is 2.84. The summed E-state index contributed by atoms with van der Waals surface area (Å²) >= 11 is 0. The molecule has 0 saturated heterocycles. The first-order valence-corrected chi connectivity index (χ1v) is 6.11. The lowest BCUT2D eigenvalue weighted by atomic mass is 10.2. The van der Waals surface area contributed by atoms with Crippen LogP contribution in [0.2, 0.25) is 0 Å². The molecule has 2 heterocycles. The molecule has 2 aromatic heterocycles. The van der Waals surface area contributed by atoms with Gasteiger partial charge in [0.1, 0.15) is 12.1 Å². The molecule has 1 aromatic carbocycles. The van der Waals surface area contributed by atoms with Crippen LogP contribution >= 0.6 is 0 Å². The molecule has 20 heavy (non-hydrogen) atoms. The van der Waals surface area contributed by atoms with Crippen molar-refractivity contribution in [2.24, 2.45) is 0 Å². The van der Waals surface area contributed by atoms with Crippen LogP contribution < -0.4 is 4.90 Å². The molecule has 0 unspecified atom stereocenters. The van der Waals surface area contributed by atoms with Crippen molar-refractivity contribution in [3.8, 4) is 0 Å². The van der Waals surface area contributed by atoms with Crippen LogP contribution in [0.5, 0.6) is 0 Å². The van der Waals surface area contributed by atoms with Crippen molar-refractivity contribution in [3.63, 3.8) is 0 Å². The summed E-state index contributed by atoms with van der Waals surface area (Å²) in [7, 11) is 3.75. The van der Waals surface area contributed by atoms with Crippen molar-refractivity contribution in [3.05, 3.63) is 42.0 Å². The monoisotopic (exact) mass is 272 g/mol. The lowest BCUT2D eigenvalue weighted by Gasteiger charge is -2.10. The standard InChI is InChI=1S/C13H13FN6/c1-19(2)12-11-13(16-8-15-12)20(18-17-11)7-9-5-3-4-6-10(9)14/h3-6,8H,7H2,1-2H3. The lowest BCUT2D eigenvalue weighted by molar-refractivity contribution is 0.582. The maximum Gasteiger partial charge on any atom is 0.184 e. The molecule has 0 saturated carbocycles. The number of benzene rings is 1. The number of fused-ring (bicyclic) bond motifs is 1. The van der Waals surface area contributed by atoms with E-state index in [1.807, 2.05) is 19.0 Å². The highest BCUT2D eigenvalue weighted by atomic mass is 19.1. The van der Waals surface area contributed by atoms with Crippen molar-refractivity contribution in [2.45, 2.75) is 6.54 Å². The van der Waals surface area contributed by atoms with Gasteiger partial charge in [0.25, 0.3) is 0 Å². The van der Waals surface area contributed by atoms with Crippen molar-refractivity contribution in [2.75, 3.05) is 19.0 Å². The summed E-state index contributed by atoms with van der Waals surface area (Å²) in [4.78, 5) is 10.2. The predicted octanol–water partition coefficient (Wildman–Crippen LogP) is 1.47. The molecule has 7 heteroatoms. The highest BCUT2D eigenvalue weighted by Gasteiger charge is 2.13. The number of hydrogen-bond donors (Lipinski definition) is 0. The first-order valence-electron chi connectivity index (χ1n) is 6.11. The van der Waals surface area contributed by atoms with Crippen molar-refractivity contribution < 1.29 is 4.39 Å². The minimum atomic E-state index is -0.266. The Hall–Kier alpha value is -2.57. The minimum Gasteiger partial charge on any atom is -0.361 e. The summed E-state index contributed by atoms with van der Waals surface area (Å²) in [6.45, 7) is 0.285. The van der Waals surface area contributed by atoms with Gasteiger partial charge in [-0.05, 0) is 6.07 Å². The fourth-order valence-electron chi connectivity index (χ4n) is 2.00. The molecular formula is C13H13FN6. The molecule has 0 bridgehead atoms. The van der Waals surface area contributed by atoms with Gasteiger partial charge < -0.3 is 4.90 Å². The van der Waals surface area contributed by atoms with Gasteiger partial charge in [-0.15, -0.1) is 5.10 Å². The Balaban J connectivity index is 2.06. The molecule has 0 aliphatic heterocycles. The molecule has 0 spiro atoms. The molecule has 0 aliphatic carbocycles. The maximum atomic E-state index is 13.7. The molecule has 102 valence electrons. The van der Waals surface area contributed by atoms with E-state index in [0.29, 0.717) is 22.5 Å². The van der Waals surface area contributed by atoms with Crippen molar-refractivity contribution in [1.29, 1.82) is 0 Å². The lowest BCUT2D eigenvalue weighted by Crippen LogP contribution is -2.11. The largest absolute Gasteiger partial charge is 0.361 e. The minimum absolute atomic E-state index is 0.266. The van der Waals surface area contributed by atoms with Gasteiger partial charge in [0, 0.05) is 19.7 Å². The van der Waals surface area contributed by atoms with E-state index < -0.39 is 0 Å². The van der Waals surface area contributed by atoms with E-state index >= 15 is 0 Å². The van der Waals surface area contributed by atoms with Gasteiger partial charge in [0.15, 0.2) is 17.0 Å². The van der Waals surface area contributed by atoms with E-state index in [1.165, 1.54) is 12.4 Å². The zero-order chi connectivity index (χ0) is 14.1. The van der Waals surface area contributed by atoms with E-state index in [1.54, 1.807) is 22.9 Å². The SMILES string of the molecule is CN(C)c1ncnc2c1nnn2Cc1ccccc1F. The summed E-state index contributed by atoms with van der Waals surface area (Å²) in [5.41, 5.74) is 1.74. The van der Waals surface area contributed by atoms with Gasteiger partial charge in [-0.3, -0.25) is 0 Å². The second kappa shape index (κ2) is 4.84. The Kier molecular flexibility index (Phi) is 3.02. The molecule has 0 atom stereocenters. The number of rotatable bonds is 3. The van der Waals surface area contributed by atoms with E-state index in [2.05, 4.69) is 20.3 Å². The fraction of sp³-hybridized carbons (Fsp3) is 0.231. The highest BCUT2D eigenvalue weighted by molar-refractivity contribution is 5.82. The quantitative estimate of drug-likeness (QED) is 0.722. The number of nitrogens with zero attached hydrogens (tertiary/aromatic N) is 6. The van der Waals surface area contributed by atoms with Crippen LogP contribution in [-0.4, -0.2) is 39.1 Å². The van der Waals surface area contributed by atoms with Gasteiger partial charge >= 0.3 is 0 Å². The number of halogens is 1. The van der Waals surface area contributed by atoms with E-state index in [-0.39, 0.29) is 12.4 Å². The second-order valence-corrected chi connectivity index (χ2v) is 4.60. The smallest absolute Gasteiger partial charge is 0.184 e. The zero-order valence-electron chi connectivity index (χ0n) is 11.2. The number of anilines is 1. The Labute approximate surface area is 114 Å². The van der Waals surface area contributed by atoms with Crippen LogP contribution in [0.25, 0.3) is 11.2 Å². The first kappa shape index (κ1) is 12.5. The van der Waals surface area contributed by atoms with Crippen molar-refractivity contribution >= 4 is 17.0 Å². The predicted molar refractivity (Wildman–Crippen MR) is 72.9 cm³/mol. The fourth-order valence-corrected chi connectivity index (χ4v) is 2.00. The van der Waals surface area contributed by atoms with Crippen LogP contribution in [-0.2, 0) is 6.54 Å². The molecule has 0 fully saturated rings. The Morgan fingerprint density at radius 3 is 2.75 bits per heavy atom. The molecule has 6 nitrogen and oxygen atoms in total. The normalized spacial score (nSPS) is 10.9. The van der Waals surface area contributed by atoms with Crippen LogP contribution in [0.4, 0.5) is 10.2 Å². The summed E-state index contributed by atoms with van der Waals surface area (Å²) in [5, 5.41) is 8.14.